The summed E-state index contributed by atoms with van der Waals surface area (Å²) in [4.78, 5) is 38.7. The number of aliphatic carboxylic acids is 1. The van der Waals surface area contributed by atoms with Crippen LogP contribution in [0.1, 0.15) is 96.2 Å². The largest absolute Gasteiger partial charge is 0.476 e. The van der Waals surface area contributed by atoms with Crippen molar-refractivity contribution in [2.75, 3.05) is 0 Å². The van der Waals surface area contributed by atoms with Gasteiger partial charge in [0.25, 0.3) is 5.56 Å². The fourth-order valence-electron chi connectivity index (χ4n) is 8.11. The van der Waals surface area contributed by atoms with Crippen LogP contribution in [0, 0.1) is 11.8 Å². The minimum absolute atomic E-state index is 0.00910. The minimum Gasteiger partial charge on any atom is -0.476 e. The van der Waals surface area contributed by atoms with E-state index >= 15 is 0 Å². The molecule has 1 N–H and O–H groups in total. The number of hydrogen-bond donors (Lipinski definition) is 1. The Hall–Kier alpha value is -2.74. The van der Waals surface area contributed by atoms with Crippen LogP contribution in [0.3, 0.4) is 0 Å². The predicted molar refractivity (Wildman–Crippen MR) is 146 cm³/mol. The average molecular weight is 521 g/mol. The molecule has 2 aromatic rings. The molecule has 1 aromatic heterocycles. The molecule has 38 heavy (non-hydrogen) atoms. The molecule has 4 bridgehead atoms. The lowest BCUT2D eigenvalue weighted by Crippen LogP contribution is -2.52. The molecular formula is C30H40N4O4. The molecule has 2 aliphatic heterocycles. The third-order valence-corrected chi connectivity index (χ3v) is 9.48. The fourth-order valence-corrected chi connectivity index (χ4v) is 8.11. The molecular weight excluding hydrogens is 480 g/mol. The highest BCUT2D eigenvalue weighted by atomic mass is 16.6. The first kappa shape index (κ1) is 25.5. The lowest BCUT2D eigenvalue weighted by atomic mass is 9.76. The standard InChI is InChI=1S/C30H40N4O4/c1-18(2)38-32-28(30(36)37)27-29(35)34(26-10-6-5-9-25(26)31-27)24-16-21-11-12-22(17-24)33(21)23-14-19-7-3-4-8-20(13-19)15-23/h5-6,9-10,18-24H,3-4,7-8,11-17H2,1-2H3,(H,36,37)/t19?,20?,21-,22-,23?/m1/s1. The van der Waals surface area contributed by atoms with Crippen molar-refractivity contribution >= 4 is 22.7 Å². The van der Waals surface area contributed by atoms with Gasteiger partial charge in [-0.05, 0) is 82.8 Å². The lowest BCUT2D eigenvalue weighted by molar-refractivity contribution is -0.129. The molecule has 4 aliphatic rings. The molecule has 1 aromatic carbocycles. The summed E-state index contributed by atoms with van der Waals surface area (Å²) in [5.41, 5.74) is 0.388. The normalized spacial score (nSPS) is 31.9. The van der Waals surface area contributed by atoms with Gasteiger partial charge in [-0.15, -0.1) is 0 Å². The van der Waals surface area contributed by atoms with E-state index in [1.54, 1.807) is 13.8 Å². The maximum absolute atomic E-state index is 13.9. The third-order valence-electron chi connectivity index (χ3n) is 9.48. The molecule has 204 valence electrons. The van der Waals surface area contributed by atoms with E-state index in [0.29, 0.717) is 23.6 Å². The van der Waals surface area contributed by atoms with E-state index in [9.17, 15) is 14.7 Å². The minimum atomic E-state index is -1.31. The Morgan fingerprint density at radius 1 is 0.947 bits per heavy atom. The van der Waals surface area contributed by atoms with Gasteiger partial charge in [0.2, 0.25) is 5.71 Å². The van der Waals surface area contributed by atoms with E-state index in [1.807, 2.05) is 28.8 Å². The highest BCUT2D eigenvalue weighted by Crippen LogP contribution is 2.47. The quantitative estimate of drug-likeness (QED) is 0.419. The van der Waals surface area contributed by atoms with Crippen LogP contribution in [0.4, 0.5) is 0 Å². The molecule has 8 heteroatoms. The van der Waals surface area contributed by atoms with Crippen molar-refractivity contribution in [2.24, 2.45) is 17.0 Å². The molecule has 6 rings (SSSR count). The number of benzene rings is 1. The van der Waals surface area contributed by atoms with Crippen molar-refractivity contribution in [3.8, 4) is 0 Å². The highest BCUT2D eigenvalue weighted by Gasteiger charge is 2.47. The van der Waals surface area contributed by atoms with Crippen molar-refractivity contribution in [1.82, 2.24) is 14.5 Å². The summed E-state index contributed by atoms with van der Waals surface area (Å²) in [6.45, 7) is 3.53. The second-order valence-electron chi connectivity index (χ2n) is 12.4. The zero-order valence-electron chi connectivity index (χ0n) is 22.6. The number of carboxylic acids is 1. The van der Waals surface area contributed by atoms with Crippen LogP contribution in [-0.4, -0.2) is 55.5 Å². The summed E-state index contributed by atoms with van der Waals surface area (Å²) in [6.07, 6.45) is 13.6. The second kappa shape index (κ2) is 10.4. The summed E-state index contributed by atoms with van der Waals surface area (Å²) in [6, 6.07) is 9.18. The first-order chi connectivity index (χ1) is 18.4. The van der Waals surface area contributed by atoms with E-state index in [2.05, 4.69) is 15.0 Å². The van der Waals surface area contributed by atoms with Crippen molar-refractivity contribution in [1.29, 1.82) is 0 Å². The first-order valence-electron chi connectivity index (χ1n) is 14.6. The van der Waals surface area contributed by atoms with E-state index in [0.717, 1.165) is 30.2 Å². The Morgan fingerprint density at radius 2 is 1.61 bits per heavy atom. The van der Waals surface area contributed by atoms with Gasteiger partial charge in [0.15, 0.2) is 5.69 Å². The maximum Gasteiger partial charge on any atom is 0.360 e. The van der Waals surface area contributed by atoms with Gasteiger partial charge in [-0.25, -0.2) is 9.78 Å². The van der Waals surface area contributed by atoms with Gasteiger partial charge >= 0.3 is 5.97 Å². The summed E-state index contributed by atoms with van der Waals surface area (Å²) in [7, 11) is 0. The maximum atomic E-state index is 13.9. The molecule has 8 nitrogen and oxygen atoms in total. The molecule has 2 saturated heterocycles. The van der Waals surface area contributed by atoms with Gasteiger partial charge < -0.3 is 14.5 Å². The number of piperidine rings is 1. The predicted octanol–water partition coefficient (Wildman–Crippen LogP) is 5.14. The molecule has 3 heterocycles. The van der Waals surface area contributed by atoms with E-state index in [4.69, 9.17) is 4.84 Å². The van der Waals surface area contributed by atoms with Crippen molar-refractivity contribution in [3.63, 3.8) is 0 Å². The van der Waals surface area contributed by atoms with Crippen molar-refractivity contribution in [2.45, 2.75) is 115 Å². The Balaban J connectivity index is 1.34. The Kier molecular flexibility index (Phi) is 7.01. The zero-order valence-corrected chi connectivity index (χ0v) is 22.6. The Bertz CT molecular complexity index is 1260. The third kappa shape index (κ3) is 4.76. The number of fused-ring (bicyclic) bond motifs is 5. The number of carboxylic acid groups (broad SMARTS) is 1. The monoisotopic (exact) mass is 520 g/mol. The van der Waals surface area contributed by atoms with Crippen LogP contribution >= 0.6 is 0 Å². The fraction of sp³-hybridized carbons (Fsp3) is 0.667. The van der Waals surface area contributed by atoms with Crippen molar-refractivity contribution < 1.29 is 14.7 Å². The number of aromatic nitrogens is 2. The molecule has 2 unspecified atom stereocenters. The van der Waals surface area contributed by atoms with E-state index in [1.165, 1.54) is 57.8 Å². The molecule has 0 amide bonds. The number of oxime groups is 1. The van der Waals surface area contributed by atoms with Crippen LogP contribution in [0.15, 0.2) is 34.2 Å². The van der Waals surface area contributed by atoms with E-state index in [-0.39, 0.29) is 17.8 Å². The highest BCUT2D eigenvalue weighted by molar-refractivity contribution is 6.41. The van der Waals surface area contributed by atoms with Gasteiger partial charge in [0.05, 0.1) is 11.0 Å². The number of nitrogens with zero attached hydrogens (tertiary/aromatic N) is 4. The van der Waals surface area contributed by atoms with E-state index < -0.39 is 17.2 Å². The molecule has 2 aliphatic carbocycles. The van der Waals surface area contributed by atoms with Crippen molar-refractivity contribution in [3.05, 3.63) is 40.3 Å². The molecule has 0 radical (unpaired) electrons. The van der Waals surface area contributed by atoms with Crippen LogP contribution in [-0.2, 0) is 9.63 Å². The Labute approximate surface area is 224 Å². The van der Waals surface area contributed by atoms with Gasteiger partial charge in [-0.2, -0.15) is 0 Å². The van der Waals surface area contributed by atoms with Crippen LogP contribution in [0.5, 0.6) is 0 Å². The number of rotatable bonds is 6. The second-order valence-corrected chi connectivity index (χ2v) is 12.4. The summed E-state index contributed by atoms with van der Waals surface area (Å²) in [5.74, 6) is 0.453. The Morgan fingerprint density at radius 3 is 2.24 bits per heavy atom. The van der Waals surface area contributed by atoms with Gasteiger partial charge in [-0.3, -0.25) is 9.69 Å². The lowest BCUT2D eigenvalue weighted by Gasteiger charge is -2.48. The van der Waals surface area contributed by atoms with Gasteiger partial charge in [0, 0.05) is 24.2 Å². The summed E-state index contributed by atoms with van der Waals surface area (Å²) in [5, 5.41) is 13.7. The summed E-state index contributed by atoms with van der Waals surface area (Å²) < 4.78 is 1.83. The number of carbonyl (C=O) groups is 1. The van der Waals surface area contributed by atoms with Crippen LogP contribution in [0.2, 0.25) is 0 Å². The smallest absolute Gasteiger partial charge is 0.360 e. The van der Waals surface area contributed by atoms with Gasteiger partial charge in [0.1, 0.15) is 6.10 Å². The summed E-state index contributed by atoms with van der Waals surface area (Å²) >= 11 is 0. The van der Waals surface area contributed by atoms with Gasteiger partial charge in [-0.1, -0.05) is 43.0 Å². The first-order valence-corrected chi connectivity index (χ1v) is 14.6. The number of para-hydroxylation sites is 2. The van der Waals surface area contributed by atoms with Crippen LogP contribution in [0.25, 0.3) is 11.0 Å². The molecule has 2 saturated carbocycles. The van der Waals surface area contributed by atoms with Crippen LogP contribution < -0.4 is 5.56 Å². The molecule has 4 atom stereocenters. The molecule has 4 fully saturated rings. The number of hydrogen-bond acceptors (Lipinski definition) is 6. The zero-order chi connectivity index (χ0) is 26.4. The topological polar surface area (TPSA) is 97.0 Å². The molecule has 0 spiro atoms. The average Bonchev–Trinajstić information content (AvgIpc) is 3.04. The SMILES string of the molecule is CC(C)ON=C(C(=O)O)c1nc2ccccc2n(C2C[C@H]3CC[C@H](C2)N3C2CC3CCCCC(C3)C2)c1=O.